The van der Waals surface area contributed by atoms with Crippen molar-refractivity contribution >= 4 is 11.6 Å². The van der Waals surface area contributed by atoms with Crippen molar-refractivity contribution in [3.8, 4) is 11.4 Å². The Labute approximate surface area is 132 Å². The van der Waals surface area contributed by atoms with Gasteiger partial charge in [-0.15, -0.1) is 10.2 Å². The van der Waals surface area contributed by atoms with Gasteiger partial charge in [0.1, 0.15) is 0 Å². The minimum absolute atomic E-state index is 0.182. The van der Waals surface area contributed by atoms with Crippen LogP contribution in [0.5, 0.6) is 0 Å². The van der Waals surface area contributed by atoms with Crippen LogP contribution in [-0.4, -0.2) is 44.6 Å². The Kier molecular flexibility index (Phi) is 4.53. The van der Waals surface area contributed by atoms with E-state index in [0.29, 0.717) is 30.0 Å². The Hall–Kier alpha value is -3.29. The predicted molar refractivity (Wildman–Crippen MR) is 84.7 cm³/mol. The summed E-state index contributed by atoms with van der Waals surface area (Å²) in [6.45, 7) is 1.08. The number of nitrogens with one attached hydrogen (secondary N) is 3. The van der Waals surface area contributed by atoms with Crippen LogP contribution >= 0.6 is 0 Å². The van der Waals surface area contributed by atoms with E-state index in [1.54, 1.807) is 30.6 Å². The molecule has 2 heterocycles. The molecule has 3 aromatic rings. The molecule has 0 unspecified atom stereocenters. The van der Waals surface area contributed by atoms with E-state index in [9.17, 15) is 4.79 Å². The summed E-state index contributed by atoms with van der Waals surface area (Å²) < 4.78 is 0. The van der Waals surface area contributed by atoms with E-state index in [4.69, 9.17) is 0 Å². The SMILES string of the molecule is O=C(NCCNc1cccnc1)c1ccccc1-c1nn[nH]n1. The van der Waals surface area contributed by atoms with Crippen molar-refractivity contribution in [3.05, 3.63) is 54.4 Å². The van der Waals surface area contributed by atoms with Crippen LogP contribution in [0.25, 0.3) is 11.4 Å². The number of carbonyl (C=O) groups excluding carboxylic acids is 1. The lowest BCUT2D eigenvalue weighted by atomic mass is 10.1. The first-order valence-electron chi connectivity index (χ1n) is 7.09. The molecule has 0 atom stereocenters. The Morgan fingerprint density at radius 3 is 2.83 bits per heavy atom. The summed E-state index contributed by atoms with van der Waals surface area (Å²) in [5, 5.41) is 19.8. The maximum atomic E-state index is 12.3. The van der Waals surface area contributed by atoms with Crippen LogP contribution in [0.2, 0.25) is 0 Å². The maximum absolute atomic E-state index is 12.3. The molecule has 0 fully saturated rings. The summed E-state index contributed by atoms with van der Waals surface area (Å²) in [6, 6.07) is 10.9. The van der Waals surface area contributed by atoms with E-state index in [-0.39, 0.29) is 5.91 Å². The number of aromatic nitrogens is 5. The standard InChI is InChI=1S/C15H15N7O/c23-15(18-9-8-17-11-4-3-7-16-10-11)13-6-2-1-5-12(13)14-19-21-22-20-14/h1-7,10,17H,8-9H2,(H,18,23)(H,19,20,21,22). The van der Waals surface area contributed by atoms with Gasteiger partial charge >= 0.3 is 0 Å². The molecule has 0 saturated heterocycles. The van der Waals surface area contributed by atoms with Gasteiger partial charge in [-0.3, -0.25) is 9.78 Å². The van der Waals surface area contributed by atoms with Gasteiger partial charge in [0.2, 0.25) is 5.82 Å². The van der Waals surface area contributed by atoms with Crippen molar-refractivity contribution in [2.24, 2.45) is 0 Å². The van der Waals surface area contributed by atoms with Crippen molar-refractivity contribution < 1.29 is 4.79 Å². The number of hydrogen-bond acceptors (Lipinski definition) is 6. The van der Waals surface area contributed by atoms with Crippen molar-refractivity contribution in [1.29, 1.82) is 0 Å². The average molecular weight is 309 g/mol. The summed E-state index contributed by atoms with van der Waals surface area (Å²) in [6.07, 6.45) is 3.44. The van der Waals surface area contributed by atoms with Gasteiger partial charge in [0, 0.05) is 31.0 Å². The van der Waals surface area contributed by atoms with Gasteiger partial charge in [0.25, 0.3) is 5.91 Å². The van der Waals surface area contributed by atoms with E-state index >= 15 is 0 Å². The Morgan fingerprint density at radius 2 is 2.04 bits per heavy atom. The second kappa shape index (κ2) is 7.12. The van der Waals surface area contributed by atoms with E-state index in [0.717, 1.165) is 5.69 Å². The number of pyridine rings is 1. The number of carbonyl (C=O) groups is 1. The third-order valence-corrected chi connectivity index (χ3v) is 3.16. The first kappa shape index (κ1) is 14.6. The lowest BCUT2D eigenvalue weighted by Gasteiger charge is -2.09. The summed E-state index contributed by atoms with van der Waals surface area (Å²) in [7, 11) is 0. The molecular weight excluding hydrogens is 294 g/mol. The van der Waals surface area contributed by atoms with E-state index in [1.807, 2.05) is 18.2 Å². The number of nitrogens with zero attached hydrogens (tertiary/aromatic N) is 4. The molecular formula is C15H15N7O. The Morgan fingerprint density at radius 1 is 1.13 bits per heavy atom. The van der Waals surface area contributed by atoms with Gasteiger partial charge in [-0.05, 0) is 23.4 Å². The monoisotopic (exact) mass is 309 g/mol. The van der Waals surface area contributed by atoms with Crippen LogP contribution in [-0.2, 0) is 0 Å². The van der Waals surface area contributed by atoms with Crippen LogP contribution < -0.4 is 10.6 Å². The van der Waals surface area contributed by atoms with Crippen LogP contribution in [0.4, 0.5) is 5.69 Å². The highest BCUT2D eigenvalue weighted by Crippen LogP contribution is 2.18. The van der Waals surface area contributed by atoms with Gasteiger partial charge in [-0.1, -0.05) is 18.2 Å². The second-order valence-corrected chi connectivity index (χ2v) is 4.71. The van der Waals surface area contributed by atoms with E-state index < -0.39 is 0 Å². The summed E-state index contributed by atoms with van der Waals surface area (Å²) >= 11 is 0. The highest BCUT2D eigenvalue weighted by molar-refractivity contribution is 6.00. The van der Waals surface area contributed by atoms with Crippen molar-refractivity contribution in [1.82, 2.24) is 30.9 Å². The molecule has 2 aromatic heterocycles. The minimum Gasteiger partial charge on any atom is -0.382 e. The Bertz CT molecular complexity index is 759. The lowest BCUT2D eigenvalue weighted by Crippen LogP contribution is -2.29. The summed E-state index contributed by atoms with van der Waals surface area (Å²) in [5.74, 6) is 0.211. The lowest BCUT2D eigenvalue weighted by molar-refractivity contribution is 0.0956. The number of amides is 1. The molecule has 3 N–H and O–H groups in total. The third kappa shape index (κ3) is 3.67. The zero-order valence-electron chi connectivity index (χ0n) is 12.2. The number of H-pyrrole nitrogens is 1. The molecule has 0 radical (unpaired) electrons. The quantitative estimate of drug-likeness (QED) is 0.588. The topological polar surface area (TPSA) is 108 Å². The highest BCUT2D eigenvalue weighted by Gasteiger charge is 2.14. The molecule has 0 saturated carbocycles. The second-order valence-electron chi connectivity index (χ2n) is 4.71. The van der Waals surface area contributed by atoms with Crippen LogP contribution in [0.15, 0.2) is 48.8 Å². The highest BCUT2D eigenvalue weighted by atomic mass is 16.1. The number of anilines is 1. The van der Waals surface area contributed by atoms with Crippen molar-refractivity contribution in [2.75, 3.05) is 18.4 Å². The van der Waals surface area contributed by atoms with Crippen LogP contribution in [0.1, 0.15) is 10.4 Å². The minimum atomic E-state index is -0.182. The smallest absolute Gasteiger partial charge is 0.252 e. The molecule has 8 nitrogen and oxygen atoms in total. The van der Waals surface area contributed by atoms with Crippen molar-refractivity contribution in [2.45, 2.75) is 0 Å². The fraction of sp³-hybridized carbons (Fsp3) is 0.133. The molecule has 3 rings (SSSR count). The van der Waals surface area contributed by atoms with Gasteiger partial charge in [-0.2, -0.15) is 5.21 Å². The molecule has 1 aromatic carbocycles. The number of tetrazole rings is 1. The van der Waals surface area contributed by atoms with Crippen LogP contribution in [0.3, 0.4) is 0 Å². The molecule has 0 bridgehead atoms. The average Bonchev–Trinajstić information content (AvgIpc) is 3.14. The number of aromatic amines is 1. The van der Waals surface area contributed by atoms with E-state index in [2.05, 4.69) is 36.2 Å². The molecule has 116 valence electrons. The molecule has 23 heavy (non-hydrogen) atoms. The largest absolute Gasteiger partial charge is 0.382 e. The van der Waals surface area contributed by atoms with E-state index in [1.165, 1.54) is 0 Å². The molecule has 0 aliphatic heterocycles. The third-order valence-electron chi connectivity index (χ3n) is 3.16. The molecule has 0 aliphatic rings. The molecule has 8 heteroatoms. The zero-order chi connectivity index (χ0) is 15.9. The number of benzene rings is 1. The van der Waals surface area contributed by atoms with Gasteiger partial charge in [0.15, 0.2) is 0 Å². The first-order valence-corrected chi connectivity index (χ1v) is 7.09. The summed E-state index contributed by atoms with van der Waals surface area (Å²) in [4.78, 5) is 16.3. The van der Waals surface area contributed by atoms with Gasteiger partial charge in [0.05, 0.1) is 11.3 Å². The summed E-state index contributed by atoms with van der Waals surface area (Å²) in [5.41, 5.74) is 2.06. The predicted octanol–water partition coefficient (Wildman–Crippen LogP) is 1.10. The number of hydrogen-bond donors (Lipinski definition) is 3. The zero-order valence-corrected chi connectivity index (χ0v) is 12.2. The fourth-order valence-electron chi connectivity index (χ4n) is 2.10. The molecule has 0 spiro atoms. The normalized spacial score (nSPS) is 10.3. The fourth-order valence-corrected chi connectivity index (χ4v) is 2.10. The maximum Gasteiger partial charge on any atom is 0.252 e. The molecule has 0 aliphatic carbocycles. The van der Waals surface area contributed by atoms with Crippen LogP contribution in [0, 0.1) is 0 Å². The first-order chi connectivity index (χ1) is 11.3. The molecule has 1 amide bonds. The number of rotatable bonds is 6. The van der Waals surface area contributed by atoms with Gasteiger partial charge in [-0.25, -0.2) is 0 Å². The van der Waals surface area contributed by atoms with Crippen molar-refractivity contribution in [3.63, 3.8) is 0 Å². The Balaban J connectivity index is 1.59. The van der Waals surface area contributed by atoms with Gasteiger partial charge < -0.3 is 10.6 Å².